The van der Waals surface area contributed by atoms with Crippen LogP contribution in [0.2, 0.25) is 0 Å². The molecule has 8 nitrogen and oxygen atoms in total. The third-order valence-electron chi connectivity index (χ3n) is 4.12. The van der Waals surface area contributed by atoms with Gasteiger partial charge in [0.1, 0.15) is 5.75 Å². The SMILES string of the molecule is CNC(=O)[C@H]1CN(C(=O)/C=C/c2ccccc2[N+](=O)[O-])c2ccccc2O1. The van der Waals surface area contributed by atoms with E-state index in [1.165, 1.54) is 30.2 Å². The van der Waals surface area contributed by atoms with Gasteiger partial charge in [-0.3, -0.25) is 19.7 Å². The Bertz CT molecular complexity index is 925. The number of hydrogen-bond donors (Lipinski definition) is 1. The van der Waals surface area contributed by atoms with Gasteiger partial charge in [0.2, 0.25) is 0 Å². The number of anilines is 1. The molecule has 3 rings (SSSR count). The molecule has 2 aromatic rings. The van der Waals surface area contributed by atoms with Gasteiger partial charge in [-0.15, -0.1) is 0 Å². The van der Waals surface area contributed by atoms with E-state index in [9.17, 15) is 19.7 Å². The summed E-state index contributed by atoms with van der Waals surface area (Å²) >= 11 is 0. The Labute approximate surface area is 155 Å². The van der Waals surface area contributed by atoms with Crippen molar-refractivity contribution in [2.75, 3.05) is 18.5 Å². The van der Waals surface area contributed by atoms with Gasteiger partial charge in [0.25, 0.3) is 17.5 Å². The van der Waals surface area contributed by atoms with Gasteiger partial charge in [0.05, 0.1) is 22.7 Å². The van der Waals surface area contributed by atoms with Crippen LogP contribution in [0.3, 0.4) is 0 Å². The van der Waals surface area contributed by atoms with Crippen molar-refractivity contribution < 1.29 is 19.2 Å². The lowest BCUT2D eigenvalue weighted by molar-refractivity contribution is -0.385. The molecule has 0 saturated heterocycles. The standard InChI is InChI=1S/C19H17N3O5/c1-20-19(24)17-12-21(15-8-4-5-9-16(15)27-17)18(23)11-10-13-6-2-3-7-14(13)22(25)26/h2-11,17H,12H2,1H3,(H,20,24)/b11-10+/t17-/m1/s1. The number of nitrogens with zero attached hydrogens (tertiary/aromatic N) is 2. The molecule has 138 valence electrons. The van der Waals surface area contributed by atoms with Crippen molar-refractivity contribution in [2.45, 2.75) is 6.10 Å². The van der Waals surface area contributed by atoms with Crippen molar-refractivity contribution >= 4 is 29.3 Å². The number of hydrogen-bond acceptors (Lipinski definition) is 5. The Morgan fingerprint density at radius 1 is 1.22 bits per heavy atom. The summed E-state index contributed by atoms with van der Waals surface area (Å²) in [5, 5.41) is 13.6. The van der Waals surface area contributed by atoms with Crippen LogP contribution >= 0.6 is 0 Å². The van der Waals surface area contributed by atoms with E-state index in [0.29, 0.717) is 17.0 Å². The predicted octanol–water partition coefficient (Wildman–Crippen LogP) is 2.15. The summed E-state index contributed by atoms with van der Waals surface area (Å²) in [5.74, 6) is -0.326. The molecule has 1 aliphatic heterocycles. The van der Waals surface area contributed by atoms with Crippen LogP contribution in [-0.2, 0) is 9.59 Å². The lowest BCUT2D eigenvalue weighted by Crippen LogP contribution is -2.49. The number of nitrogens with one attached hydrogen (secondary N) is 1. The number of rotatable bonds is 4. The minimum absolute atomic E-state index is 0.0384. The van der Waals surface area contributed by atoms with E-state index in [-0.39, 0.29) is 18.1 Å². The van der Waals surface area contributed by atoms with E-state index >= 15 is 0 Å². The molecule has 8 heteroatoms. The van der Waals surface area contributed by atoms with Crippen LogP contribution in [0.1, 0.15) is 5.56 Å². The molecule has 1 heterocycles. The average molecular weight is 367 g/mol. The van der Waals surface area contributed by atoms with Crippen LogP contribution in [0.5, 0.6) is 5.75 Å². The molecule has 1 atom stereocenters. The van der Waals surface area contributed by atoms with Crippen LogP contribution in [0.25, 0.3) is 6.08 Å². The number of para-hydroxylation sites is 3. The first-order valence-corrected chi connectivity index (χ1v) is 8.21. The molecule has 1 N–H and O–H groups in total. The first-order valence-electron chi connectivity index (χ1n) is 8.21. The maximum Gasteiger partial charge on any atom is 0.276 e. The maximum atomic E-state index is 12.8. The molecular weight excluding hydrogens is 350 g/mol. The van der Waals surface area contributed by atoms with Crippen molar-refractivity contribution in [1.29, 1.82) is 0 Å². The van der Waals surface area contributed by atoms with Gasteiger partial charge in [-0.05, 0) is 24.3 Å². The fraction of sp³-hybridized carbons (Fsp3) is 0.158. The lowest BCUT2D eigenvalue weighted by Gasteiger charge is -2.33. The number of fused-ring (bicyclic) bond motifs is 1. The number of carbonyl (C=O) groups is 2. The zero-order chi connectivity index (χ0) is 19.4. The molecule has 0 spiro atoms. The topological polar surface area (TPSA) is 102 Å². The number of benzene rings is 2. The molecule has 0 unspecified atom stereocenters. The zero-order valence-electron chi connectivity index (χ0n) is 14.5. The summed E-state index contributed by atoms with van der Waals surface area (Å²) in [4.78, 5) is 36.7. The highest BCUT2D eigenvalue weighted by Gasteiger charge is 2.32. The molecule has 0 radical (unpaired) electrons. The van der Waals surface area contributed by atoms with Crippen molar-refractivity contribution in [3.8, 4) is 5.75 Å². The fourth-order valence-electron chi connectivity index (χ4n) is 2.79. The van der Waals surface area contributed by atoms with E-state index in [4.69, 9.17) is 4.74 Å². The highest BCUT2D eigenvalue weighted by Crippen LogP contribution is 2.33. The average Bonchev–Trinajstić information content (AvgIpc) is 2.70. The van der Waals surface area contributed by atoms with Crippen molar-refractivity contribution in [3.63, 3.8) is 0 Å². The minimum Gasteiger partial charge on any atom is -0.477 e. The number of likely N-dealkylation sites (N-methyl/N-ethyl adjacent to an activating group) is 1. The summed E-state index contributed by atoms with van der Waals surface area (Å²) in [6, 6.07) is 13.0. The third kappa shape index (κ3) is 3.79. The number of carbonyl (C=O) groups excluding carboxylic acids is 2. The monoisotopic (exact) mass is 367 g/mol. The maximum absolute atomic E-state index is 12.8. The Morgan fingerprint density at radius 3 is 2.67 bits per heavy atom. The van der Waals surface area contributed by atoms with Gasteiger partial charge in [-0.2, -0.15) is 0 Å². The van der Waals surface area contributed by atoms with Gasteiger partial charge < -0.3 is 15.0 Å². The molecule has 27 heavy (non-hydrogen) atoms. The zero-order valence-corrected chi connectivity index (χ0v) is 14.5. The van der Waals surface area contributed by atoms with Gasteiger partial charge in [0.15, 0.2) is 6.10 Å². The second-order valence-corrected chi connectivity index (χ2v) is 5.79. The van der Waals surface area contributed by atoms with Gasteiger partial charge in [0, 0.05) is 19.2 Å². The smallest absolute Gasteiger partial charge is 0.276 e. The van der Waals surface area contributed by atoms with Crippen molar-refractivity contribution in [1.82, 2.24) is 5.32 Å². The largest absolute Gasteiger partial charge is 0.477 e. The van der Waals surface area contributed by atoms with Crippen LogP contribution < -0.4 is 15.0 Å². The minimum atomic E-state index is -0.840. The number of nitro benzene ring substituents is 1. The van der Waals surface area contributed by atoms with E-state index in [2.05, 4.69) is 5.32 Å². The normalized spacial score (nSPS) is 15.7. The van der Waals surface area contributed by atoms with Crippen molar-refractivity contribution in [2.24, 2.45) is 0 Å². The molecule has 0 bridgehead atoms. The van der Waals surface area contributed by atoms with Crippen LogP contribution in [0, 0.1) is 10.1 Å². The molecule has 0 aliphatic carbocycles. The Hall–Kier alpha value is -3.68. The quantitative estimate of drug-likeness (QED) is 0.507. The Balaban J connectivity index is 1.89. The van der Waals surface area contributed by atoms with E-state index < -0.39 is 16.9 Å². The summed E-state index contributed by atoms with van der Waals surface area (Å²) < 4.78 is 5.66. The third-order valence-corrected chi connectivity index (χ3v) is 4.12. The Kier molecular flexibility index (Phi) is 5.16. The van der Waals surface area contributed by atoms with E-state index in [1.807, 2.05) is 0 Å². The molecule has 0 fully saturated rings. The highest BCUT2D eigenvalue weighted by atomic mass is 16.6. The Morgan fingerprint density at radius 2 is 1.93 bits per heavy atom. The lowest BCUT2D eigenvalue weighted by atomic mass is 10.1. The molecular formula is C19H17N3O5. The molecule has 1 aliphatic rings. The summed E-state index contributed by atoms with van der Waals surface area (Å²) in [5.41, 5.74) is 0.766. The number of amides is 2. The summed E-state index contributed by atoms with van der Waals surface area (Å²) in [6.07, 6.45) is 1.81. The van der Waals surface area contributed by atoms with Gasteiger partial charge >= 0.3 is 0 Å². The first kappa shape index (κ1) is 18.1. The molecule has 0 aromatic heterocycles. The first-order chi connectivity index (χ1) is 13.0. The predicted molar refractivity (Wildman–Crippen MR) is 99.4 cm³/mol. The molecule has 2 aromatic carbocycles. The summed E-state index contributed by atoms with van der Waals surface area (Å²) in [7, 11) is 1.49. The molecule has 2 amide bonds. The fourth-order valence-corrected chi connectivity index (χ4v) is 2.79. The number of ether oxygens (including phenoxy) is 1. The van der Waals surface area contributed by atoms with Crippen LogP contribution in [-0.4, -0.2) is 36.4 Å². The van der Waals surface area contributed by atoms with Crippen LogP contribution in [0.15, 0.2) is 54.6 Å². The second-order valence-electron chi connectivity index (χ2n) is 5.79. The summed E-state index contributed by atoms with van der Waals surface area (Å²) in [6.45, 7) is 0.0384. The van der Waals surface area contributed by atoms with Crippen LogP contribution in [0.4, 0.5) is 11.4 Å². The highest BCUT2D eigenvalue weighted by molar-refractivity contribution is 6.06. The van der Waals surface area contributed by atoms with E-state index in [1.54, 1.807) is 42.5 Å². The molecule has 0 saturated carbocycles. The second kappa shape index (κ2) is 7.69. The number of nitro groups is 1. The van der Waals surface area contributed by atoms with Gasteiger partial charge in [-0.1, -0.05) is 24.3 Å². The van der Waals surface area contributed by atoms with E-state index in [0.717, 1.165) is 0 Å². The van der Waals surface area contributed by atoms with Crippen molar-refractivity contribution in [3.05, 3.63) is 70.3 Å². The van der Waals surface area contributed by atoms with Gasteiger partial charge in [-0.25, -0.2) is 0 Å².